The normalized spacial score (nSPS) is 27.6. The zero-order chi connectivity index (χ0) is 12.0. The number of nitrogens with zero attached hydrogens (tertiary/aromatic N) is 1. The summed E-state index contributed by atoms with van der Waals surface area (Å²) in [5.74, 6) is 0.0237. The lowest BCUT2D eigenvalue weighted by Gasteiger charge is -2.18. The first-order valence-corrected chi connectivity index (χ1v) is 5.83. The average molecular weight is 254 g/mol. The second-order valence-corrected chi connectivity index (χ2v) is 4.70. The van der Waals surface area contributed by atoms with Gasteiger partial charge in [-0.25, -0.2) is 0 Å². The van der Waals surface area contributed by atoms with E-state index in [-0.39, 0.29) is 5.76 Å². The molecule has 0 spiro atoms. The quantitative estimate of drug-likeness (QED) is 0.559. The van der Waals surface area contributed by atoms with Gasteiger partial charge in [0.25, 0.3) is 0 Å². The molecule has 0 bridgehead atoms. The van der Waals surface area contributed by atoms with Gasteiger partial charge in [-0.3, -0.25) is 5.10 Å². The maximum absolute atomic E-state index is 9.86. The summed E-state index contributed by atoms with van der Waals surface area (Å²) in [6.07, 6.45) is 2.12. The van der Waals surface area contributed by atoms with E-state index in [9.17, 15) is 10.2 Å². The predicted molar refractivity (Wildman–Crippen MR) is 63.5 cm³/mol. The molecule has 2 unspecified atom stereocenters. The molecule has 1 aromatic heterocycles. The Labute approximate surface area is 103 Å². The highest BCUT2D eigenvalue weighted by Gasteiger charge is 2.27. The Hall–Kier alpha value is -1.30. The topological polar surface area (TPSA) is 81.2 Å². The van der Waals surface area contributed by atoms with E-state index in [0.717, 1.165) is 24.3 Å². The van der Waals surface area contributed by atoms with Crippen molar-refractivity contribution in [3.05, 3.63) is 34.9 Å². The molecule has 0 saturated heterocycles. The van der Waals surface area contributed by atoms with Crippen LogP contribution in [-0.2, 0) is 13.1 Å². The molecule has 0 fully saturated rings. The van der Waals surface area contributed by atoms with Crippen LogP contribution in [0.25, 0.3) is 5.57 Å². The third kappa shape index (κ3) is 1.67. The third-order valence-corrected chi connectivity index (χ3v) is 3.45. The fourth-order valence-corrected chi connectivity index (χ4v) is 2.36. The molecule has 5 nitrogen and oxygen atoms in total. The van der Waals surface area contributed by atoms with E-state index in [1.165, 1.54) is 6.08 Å². The summed E-state index contributed by atoms with van der Waals surface area (Å²) in [5, 5.41) is 29.2. The summed E-state index contributed by atoms with van der Waals surface area (Å²) in [5.41, 5.74) is 3.37. The Morgan fingerprint density at radius 3 is 3.00 bits per heavy atom. The molecular formula is C11H12ClN3O2. The molecule has 0 aromatic carbocycles. The van der Waals surface area contributed by atoms with Crippen molar-refractivity contribution in [2.24, 2.45) is 0 Å². The van der Waals surface area contributed by atoms with Gasteiger partial charge in [0.15, 0.2) is 0 Å². The lowest BCUT2D eigenvalue weighted by molar-refractivity contribution is 0.222. The number of aliphatic hydroxyl groups is 2. The van der Waals surface area contributed by atoms with Gasteiger partial charge in [0.2, 0.25) is 0 Å². The number of rotatable bonds is 1. The molecule has 0 amide bonds. The number of aromatic amines is 1. The molecule has 90 valence electrons. The minimum Gasteiger partial charge on any atom is -0.507 e. The highest BCUT2D eigenvalue weighted by atomic mass is 35.5. The Kier molecular flexibility index (Phi) is 2.47. The Morgan fingerprint density at radius 2 is 2.18 bits per heavy atom. The number of hydrogen-bond acceptors (Lipinski definition) is 4. The molecule has 2 aliphatic rings. The van der Waals surface area contributed by atoms with Gasteiger partial charge in [0.05, 0.1) is 17.2 Å². The maximum Gasteiger partial charge on any atom is 0.123 e. The van der Waals surface area contributed by atoms with Gasteiger partial charge in [0.1, 0.15) is 11.5 Å². The van der Waals surface area contributed by atoms with Gasteiger partial charge in [-0.15, -0.1) is 11.6 Å². The van der Waals surface area contributed by atoms with Crippen LogP contribution in [0.4, 0.5) is 0 Å². The predicted octanol–water partition coefficient (Wildman–Crippen LogP) is 0.820. The number of H-pyrrole nitrogens is 1. The van der Waals surface area contributed by atoms with Crippen LogP contribution in [-0.4, -0.2) is 31.9 Å². The third-order valence-electron chi connectivity index (χ3n) is 3.07. The maximum atomic E-state index is 9.86. The van der Waals surface area contributed by atoms with Crippen molar-refractivity contribution in [3.8, 4) is 0 Å². The molecule has 1 aromatic rings. The molecule has 4 N–H and O–H groups in total. The van der Waals surface area contributed by atoms with Gasteiger partial charge in [-0.1, -0.05) is 6.08 Å². The summed E-state index contributed by atoms with van der Waals surface area (Å²) >= 11 is 5.96. The average Bonchev–Trinajstić information content (AvgIpc) is 2.85. The van der Waals surface area contributed by atoms with E-state index in [0.29, 0.717) is 11.3 Å². The van der Waals surface area contributed by atoms with E-state index in [1.807, 2.05) is 0 Å². The number of allylic oxidation sites excluding steroid dienone is 1. The van der Waals surface area contributed by atoms with E-state index >= 15 is 0 Å². The standard InChI is InChI=1S/C11H12ClN3O2/c12-7-1-5(9(16)2-10(7)17)11-6-3-13-4-8(6)14-15-11/h1-2,7,10,13,16-17H,3-4H2,(H,14,15). The second kappa shape index (κ2) is 3.87. The summed E-state index contributed by atoms with van der Waals surface area (Å²) < 4.78 is 0. The smallest absolute Gasteiger partial charge is 0.123 e. The number of halogens is 1. The van der Waals surface area contributed by atoms with Gasteiger partial charge >= 0.3 is 0 Å². The number of nitrogens with one attached hydrogen (secondary N) is 2. The molecule has 0 radical (unpaired) electrons. The Bertz CT molecular complexity index is 521. The summed E-state index contributed by atoms with van der Waals surface area (Å²) in [6, 6.07) is 0. The zero-order valence-corrected chi connectivity index (χ0v) is 9.70. The van der Waals surface area contributed by atoms with Gasteiger partial charge in [0, 0.05) is 24.2 Å². The summed E-state index contributed by atoms with van der Waals surface area (Å²) in [7, 11) is 0. The van der Waals surface area contributed by atoms with Crippen LogP contribution >= 0.6 is 11.6 Å². The van der Waals surface area contributed by atoms with Crippen molar-refractivity contribution >= 4 is 17.2 Å². The van der Waals surface area contributed by atoms with E-state index in [4.69, 9.17) is 11.6 Å². The highest BCUT2D eigenvalue weighted by molar-refractivity contribution is 6.23. The van der Waals surface area contributed by atoms with Crippen molar-refractivity contribution in [1.82, 2.24) is 15.5 Å². The molecule has 3 rings (SSSR count). The van der Waals surface area contributed by atoms with Crippen LogP contribution in [0.3, 0.4) is 0 Å². The number of aliphatic hydroxyl groups excluding tert-OH is 2. The first kappa shape index (κ1) is 10.8. The lowest BCUT2D eigenvalue weighted by atomic mass is 9.97. The van der Waals surface area contributed by atoms with E-state index in [1.54, 1.807) is 6.08 Å². The van der Waals surface area contributed by atoms with Crippen LogP contribution in [0.1, 0.15) is 17.0 Å². The molecule has 17 heavy (non-hydrogen) atoms. The molecule has 0 saturated carbocycles. The van der Waals surface area contributed by atoms with Crippen molar-refractivity contribution in [2.45, 2.75) is 24.6 Å². The van der Waals surface area contributed by atoms with Crippen molar-refractivity contribution in [2.75, 3.05) is 0 Å². The lowest BCUT2D eigenvalue weighted by Crippen LogP contribution is -2.21. The van der Waals surface area contributed by atoms with Crippen molar-refractivity contribution in [1.29, 1.82) is 0 Å². The molecule has 2 heterocycles. The number of fused-ring (bicyclic) bond motifs is 1. The first-order chi connectivity index (χ1) is 8.16. The van der Waals surface area contributed by atoms with Crippen LogP contribution in [0, 0.1) is 0 Å². The van der Waals surface area contributed by atoms with Crippen LogP contribution in [0.5, 0.6) is 0 Å². The Morgan fingerprint density at radius 1 is 1.35 bits per heavy atom. The van der Waals surface area contributed by atoms with E-state index < -0.39 is 11.5 Å². The Balaban J connectivity index is 2.04. The van der Waals surface area contributed by atoms with Gasteiger partial charge in [-0.2, -0.15) is 5.10 Å². The molecule has 2 atom stereocenters. The van der Waals surface area contributed by atoms with Crippen molar-refractivity contribution < 1.29 is 10.2 Å². The molecule has 1 aliphatic heterocycles. The number of hydrogen-bond donors (Lipinski definition) is 4. The van der Waals surface area contributed by atoms with Gasteiger partial charge in [-0.05, 0) is 6.08 Å². The fraction of sp³-hybridized carbons (Fsp3) is 0.364. The SMILES string of the molecule is OC1=CC(O)C(Cl)C=C1c1n[nH]c2c1CNC2. The monoisotopic (exact) mass is 253 g/mol. The number of aromatic nitrogens is 2. The largest absolute Gasteiger partial charge is 0.507 e. The highest BCUT2D eigenvalue weighted by Crippen LogP contribution is 2.31. The van der Waals surface area contributed by atoms with Crippen molar-refractivity contribution in [3.63, 3.8) is 0 Å². The zero-order valence-electron chi connectivity index (χ0n) is 8.94. The van der Waals surface area contributed by atoms with Crippen LogP contribution in [0.15, 0.2) is 17.9 Å². The number of alkyl halides is 1. The van der Waals surface area contributed by atoms with E-state index in [2.05, 4.69) is 15.5 Å². The second-order valence-electron chi connectivity index (χ2n) is 4.20. The van der Waals surface area contributed by atoms with Gasteiger partial charge < -0.3 is 15.5 Å². The fourth-order valence-electron chi connectivity index (χ4n) is 2.16. The minimum absolute atomic E-state index is 0.0237. The van der Waals surface area contributed by atoms with Crippen LogP contribution in [0.2, 0.25) is 0 Å². The minimum atomic E-state index is -0.856. The summed E-state index contributed by atoms with van der Waals surface area (Å²) in [4.78, 5) is 0. The first-order valence-electron chi connectivity index (χ1n) is 5.39. The molecule has 1 aliphatic carbocycles. The van der Waals surface area contributed by atoms with Crippen LogP contribution < -0.4 is 5.32 Å². The molecule has 6 heteroatoms. The molecular weight excluding hydrogens is 242 g/mol. The summed E-state index contributed by atoms with van der Waals surface area (Å²) in [6.45, 7) is 1.48.